The number of sulfone groups is 1. The Morgan fingerprint density at radius 2 is 1.68 bits per heavy atom. The second-order valence-corrected chi connectivity index (χ2v) is 7.76. The molecule has 19 heavy (non-hydrogen) atoms. The Morgan fingerprint density at radius 3 is 2.16 bits per heavy atom. The summed E-state index contributed by atoms with van der Waals surface area (Å²) in [5.74, 6) is 0.479. The Kier molecular flexibility index (Phi) is 5.80. The molecule has 0 radical (unpaired) electrons. The zero-order valence-corrected chi connectivity index (χ0v) is 13.1. The van der Waals surface area contributed by atoms with Crippen molar-refractivity contribution in [2.24, 2.45) is 5.92 Å². The third-order valence-electron chi connectivity index (χ3n) is 3.13. The Morgan fingerprint density at radius 1 is 1.11 bits per heavy atom. The first-order chi connectivity index (χ1) is 8.87. The van der Waals surface area contributed by atoms with E-state index < -0.39 is 9.84 Å². The molecule has 1 atom stereocenters. The zero-order chi connectivity index (χ0) is 14.5. The highest BCUT2D eigenvalue weighted by Gasteiger charge is 2.18. The first-order valence-corrected chi connectivity index (χ1v) is 8.42. The molecule has 0 aliphatic carbocycles. The van der Waals surface area contributed by atoms with Gasteiger partial charge in [0.05, 0.1) is 10.1 Å². The van der Waals surface area contributed by atoms with Gasteiger partial charge < -0.3 is 0 Å². The van der Waals surface area contributed by atoms with Gasteiger partial charge in [-0.3, -0.25) is 0 Å². The molecule has 0 aliphatic heterocycles. The SMILES string of the molecule is CC/C=C\C(C)Cc1ccc(S(=O)(=O)C(C)C)cc1. The Balaban J connectivity index is 2.80. The normalized spacial score (nSPS) is 14.2. The molecule has 0 aliphatic rings. The fourth-order valence-electron chi connectivity index (χ4n) is 1.90. The van der Waals surface area contributed by atoms with E-state index in [2.05, 4.69) is 26.0 Å². The van der Waals surface area contributed by atoms with Crippen molar-refractivity contribution in [1.29, 1.82) is 0 Å². The summed E-state index contributed by atoms with van der Waals surface area (Å²) in [5.41, 5.74) is 1.18. The maximum Gasteiger partial charge on any atom is 0.180 e. The highest BCUT2D eigenvalue weighted by molar-refractivity contribution is 7.92. The van der Waals surface area contributed by atoms with E-state index in [0.29, 0.717) is 10.8 Å². The minimum absolute atomic E-state index is 0.371. The van der Waals surface area contributed by atoms with Crippen LogP contribution in [0.15, 0.2) is 41.3 Å². The van der Waals surface area contributed by atoms with Gasteiger partial charge in [-0.1, -0.05) is 38.1 Å². The van der Waals surface area contributed by atoms with Crippen LogP contribution in [0.25, 0.3) is 0 Å². The summed E-state index contributed by atoms with van der Waals surface area (Å²) in [6, 6.07) is 7.29. The topological polar surface area (TPSA) is 34.1 Å². The number of allylic oxidation sites excluding steroid dienone is 2. The lowest BCUT2D eigenvalue weighted by Gasteiger charge is -2.10. The standard InChI is InChI=1S/C16H24O2S/c1-5-6-7-14(4)12-15-8-10-16(11-9-15)19(17,18)13(2)3/h6-11,13-14H,5,12H2,1-4H3/b7-6-. The molecule has 3 heteroatoms. The number of hydrogen-bond donors (Lipinski definition) is 0. The molecule has 0 N–H and O–H groups in total. The van der Waals surface area contributed by atoms with Gasteiger partial charge in [-0.15, -0.1) is 0 Å². The van der Waals surface area contributed by atoms with Crippen molar-refractivity contribution in [2.45, 2.75) is 50.7 Å². The minimum Gasteiger partial charge on any atom is -0.223 e. The average Bonchev–Trinajstić information content (AvgIpc) is 2.36. The molecule has 106 valence electrons. The van der Waals surface area contributed by atoms with E-state index >= 15 is 0 Å². The minimum atomic E-state index is -3.15. The van der Waals surface area contributed by atoms with Crippen LogP contribution >= 0.6 is 0 Å². The molecule has 0 saturated heterocycles. The third-order valence-corrected chi connectivity index (χ3v) is 5.30. The summed E-state index contributed by atoms with van der Waals surface area (Å²) >= 11 is 0. The zero-order valence-electron chi connectivity index (χ0n) is 12.3. The average molecular weight is 280 g/mol. The maximum absolute atomic E-state index is 12.0. The van der Waals surface area contributed by atoms with Crippen LogP contribution in [-0.2, 0) is 16.3 Å². The summed E-state index contributed by atoms with van der Waals surface area (Å²) in [6.07, 6.45) is 6.37. The second kappa shape index (κ2) is 6.90. The van der Waals surface area contributed by atoms with Gasteiger partial charge in [0.25, 0.3) is 0 Å². The lowest BCUT2D eigenvalue weighted by molar-refractivity contribution is 0.587. The number of benzene rings is 1. The molecule has 0 aromatic heterocycles. The van der Waals surface area contributed by atoms with Crippen molar-refractivity contribution in [3.63, 3.8) is 0 Å². The van der Waals surface area contributed by atoms with Gasteiger partial charge in [-0.25, -0.2) is 8.42 Å². The maximum atomic E-state index is 12.0. The second-order valence-electron chi connectivity index (χ2n) is 5.26. The van der Waals surface area contributed by atoms with Crippen LogP contribution in [0.4, 0.5) is 0 Å². The molecule has 0 amide bonds. The van der Waals surface area contributed by atoms with Gasteiger partial charge in [0.15, 0.2) is 9.84 Å². The predicted molar refractivity (Wildman–Crippen MR) is 81.1 cm³/mol. The third kappa shape index (κ3) is 4.50. The van der Waals surface area contributed by atoms with Gasteiger partial charge >= 0.3 is 0 Å². The van der Waals surface area contributed by atoms with Crippen molar-refractivity contribution in [3.8, 4) is 0 Å². The van der Waals surface area contributed by atoms with Gasteiger partial charge in [-0.05, 0) is 50.3 Å². The summed E-state index contributed by atoms with van der Waals surface area (Å²) in [5, 5.41) is -0.371. The lowest BCUT2D eigenvalue weighted by atomic mass is 10.0. The van der Waals surface area contributed by atoms with Crippen molar-refractivity contribution in [2.75, 3.05) is 0 Å². The largest absolute Gasteiger partial charge is 0.223 e. The van der Waals surface area contributed by atoms with Crippen LogP contribution < -0.4 is 0 Å². The van der Waals surface area contributed by atoms with Crippen LogP contribution in [0, 0.1) is 5.92 Å². The van der Waals surface area contributed by atoms with Gasteiger partial charge in [0.1, 0.15) is 0 Å². The fraction of sp³-hybridized carbons (Fsp3) is 0.500. The Labute approximate surface area is 117 Å². The highest BCUT2D eigenvalue weighted by atomic mass is 32.2. The monoisotopic (exact) mass is 280 g/mol. The summed E-state index contributed by atoms with van der Waals surface area (Å²) < 4.78 is 24.0. The van der Waals surface area contributed by atoms with E-state index in [-0.39, 0.29) is 5.25 Å². The predicted octanol–water partition coefficient (Wildman–Crippen LogP) is 4.01. The molecular weight excluding hydrogens is 256 g/mol. The quantitative estimate of drug-likeness (QED) is 0.738. The summed E-state index contributed by atoms with van der Waals surface area (Å²) in [7, 11) is -3.15. The van der Waals surface area contributed by atoms with Crippen LogP contribution in [0.5, 0.6) is 0 Å². The van der Waals surface area contributed by atoms with Crippen molar-refractivity contribution >= 4 is 9.84 Å². The Hall–Kier alpha value is -1.09. The van der Waals surface area contributed by atoms with Crippen LogP contribution in [0.1, 0.15) is 39.7 Å². The lowest BCUT2D eigenvalue weighted by Crippen LogP contribution is -2.13. The van der Waals surface area contributed by atoms with Crippen molar-refractivity contribution < 1.29 is 8.42 Å². The van der Waals surface area contributed by atoms with Gasteiger partial charge in [-0.2, -0.15) is 0 Å². The smallest absolute Gasteiger partial charge is 0.180 e. The summed E-state index contributed by atoms with van der Waals surface area (Å²) in [4.78, 5) is 0.419. The van der Waals surface area contributed by atoms with Crippen molar-refractivity contribution in [1.82, 2.24) is 0 Å². The van der Waals surface area contributed by atoms with Crippen molar-refractivity contribution in [3.05, 3.63) is 42.0 Å². The molecule has 1 rings (SSSR count). The molecule has 1 aromatic carbocycles. The first-order valence-electron chi connectivity index (χ1n) is 6.87. The van der Waals surface area contributed by atoms with E-state index in [1.807, 2.05) is 12.1 Å². The molecule has 1 aromatic rings. The van der Waals surface area contributed by atoms with E-state index in [0.717, 1.165) is 12.8 Å². The molecule has 2 nitrogen and oxygen atoms in total. The van der Waals surface area contributed by atoms with E-state index in [4.69, 9.17) is 0 Å². The van der Waals surface area contributed by atoms with E-state index in [1.54, 1.807) is 26.0 Å². The van der Waals surface area contributed by atoms with E-state index in [1.165, 1.54) is 5.56 Å². The van der Waals surface area contributed by atoms with Gasteiger partial charge in [0, 0.05) is 0 Å². The number of hydrogen-bond acceptors (Lipinski definition) is 2. The fourth-order valence-corrected chi connectivity index (χ4v) is 2.96. The summed E-state index contributed by atoms with van der Waals surface area (Å²) in [6.45, 7) is 7.71. The van der Waals surface area contributed by atoms with E-state index in [9.17, 15) is 8.42 Å². The molecule has 0 bridgehead atoms. The Bertz CT molecular complexity index is 510. The molecule has 0 heterocycles. The molecule has 0 spiro atoms. The van der Waals surface area contributed by atoms with Crippen LogP contribution in [0.3, 0.4) is 0 Å². The first kappa shape index (κ1) is 16.0. The van der Waals surface area contributed by atoms with Crippen LogP contribution in [-0.4, -0.2) is 13.7 Å². The van der Waals surface area contributed by atoms with Crippen LogP contribution in [0.2, 0.25) is 0 Å². The number of rotatable bonds is 6. The van der Waals surface area contributed by atoms with Gasteiger partial charge in [0.2, 0.25) is 0 Å². The highest BCUT2D eigenvalue weighted by Crippen LogP contribution is 2.18. The molecular formula is C16H24O2S. The molecule has 0 saturated carbocycles. The molecule has 1 unspecified atom stereocenters. The molecule has 0 fully saturated rings.